The van der Waals surface area contributed by atoms with Crippen molar-refractivity contribution in [1.29, 1.82) is 0 Å². The fourth-order valence-electron chi connectivity index (χ4n) is 2.21. The second kappa shape index (κ2) is 6.70. The van der Waals surface area contributed by atoms with E-state index in [0.717, 1.165) is 6.42 Å². The van der Waals surface area contributed by atoms with E-state index in [0.29, 0.717) is 6.04 Å². The molecule has 2 rings (SSSR count). The Hall–Kier alpha value is -0.363. The highest BCUT2D eigenvalue weighted by molar-refractivity contribution is 6.70. The van der Waals surface area contributed by atoms with Crippen LogP contribution in [0.4, 0.5) is 0 Å². The van der Waals surface area contributed by atoms with Gasteiger partial charge in [0.2, 0.25) is 8.32 Å². The first-order valence-electron chi connectivity index (χ1n) is 6.40. The molecule has 0 radical (unpaired) electrons. The van der Waals surface area contributed by atoms with Gasteiger partial charge >= 0.3 is 0 Å². The summed E-state index contributed by atoms with van der Waals surface area (Å²) in [6, 6.07) is 6.70. The molecule has 0 saturated heterocycles. The maximum Gasteiger partial charge on any atom is 0.241 e. The lowest BCUT2D eigenvalue weighted by atomic mass is 10.0. The predicted octanol–water partition coefficient (Wildman–Crippen LogP) is 0.439. The van der Waals surface area contributed by atoms with E-state index < -0.39 is 8.32 Å². The zero-order valence-corrected chi connectivity index (χ0v) is 14.6. The fourth-order valence-corrected chi connectivity index (χ4v) is 3.17. The summed E-state index contributed by atoms with van der Waals surface area (Å²) in [4.78, 5) is 0. The van der Waals surface area contributed by atoms with Crippen LogP contribution in [0.2, 0.25) is 19.6 Å². The Labute approximate surface area is 128 Å². The normalized spacial score (nSPS) is 19.7. The highest BCUT2D eigenvalue weighted by Crippen LogP contribution is 2.26. The third kappa shape index (κ3) is 4.72. The maximum atomic E-state index is 6.12. The van der Waals surface area contributed by atoms with E-state index >= 15 is 0 Å². The number of aromatic nitrogens is 1. The molecule has 0 amide bonds. The fraction of sp³-hybridized carbons (Fsp3) is 0.500. The molecule has 1 heterocycles. The van der Waals surface area contributed by atoms with Crippen molar-refractivity contribution in [1.82, 2.24) is 0 Å². The molecule has 2 nitrogen and oxygen atoms in total. The molecular weight excluding hydrogens is 353 g/mol. The molecule has 0 N–H and O–H groups in total. The quantitative estimate of drug-likeness (QED) is 0.425. The van der Waals surface area contributed by atoms with Crippen molar-refractivity contribution in [2.24, 2.45) is 0 Å². The van der Waals surface area contributed by atoms with E-state index in [-0.39, 0.29) is 24.0 Å². The summed E-state index contributed by atoms with van der Waals surface area (Å²) in [6.45, 7) is 6.73. The zero-order valence-electron chi connectivity index (χ0n) is 11.4. The largest absolute Gasteiger partial charge is 1.00 e. The van der Waals surface area contributed by atoms with E-state index in [1.54, 1.807) is 0 Å². The van der Waals surface area contributed by atoms with Crippen LogP contribution in [0.5, 0.6) is 0 Å². The minimum Gasteiger partial charge on any atom is -1.00 e. The van der Waals surface area contributed by atoms with E-state index in [1.807, 2.05) is 0 Å². The Morgan fingerprint density at radius 3 is 2.44 bits per heavy atom. The van der Waals surface area contributed by atoms with Crippen LogP contribution in [0, 0.1) is 0 Å². The number of halogens is 1. The topological polar surface area (TPSA) is 13.1 Å². The van der Waals surface area contributed by atoms with Gasteiger partial charge in [0, 0.05) is 31.1 Å². The molecule has 1 unspecified atom stereocenters. The molecule has 0 aliphatic heterocycles. The van der Waals surface area contributed by atoms with Crippen LogP contribution in [0.1, 0.15) is 25.3 Å². The first-order chi connectivity index (χ1) is 8.04. The average Bonchev–Trinajstić information content (AvgIpc) is 2.28. The van der Waals surface area contributed by atoms with Gasteiger partial charge in [-0.15, -0.1) is 0 Å². The molecule has 100 valence electrons. The molecule has 1 aromatic rings. The minimum atomic E-state index is -1.45. The molecular formula is C14H22INOSi. The smallest absolute Gasteiger partial charge is 0.241 e. The van der Waals surface area contributed by atoms with Crippen molar-refractivity contribution in [3.63, 3.8) is 0 Å². The summed E-state index contributed by atoms with van der Waals surface area (Å²) in [6.07, 6.45) is 10.1. The van der Waals surface area contributed by atoms with Gasteiger partial charge in [-0.2, -0.15) is 4.57 Å². The SMILES string of the molecule is C[Si](C)(C)OC1=CC([n+]2ccccc2)CCC1.[I-]. The van der Waals surface area contributed by atoms with E-state index in [4.69, 9.17) is 4.43 Å². The summed E-state index contributed by atoms with van der Waals surface area (Å²) in [5, 5.41) is 0. The molecule has 1 atom stereocenters. The van der Waals surface area contributed by atoms with Crippen LogP contribution in [-0.2, 0) is 4.43 Å². The monoisotopic (exact) mass is 375 g/mol. The number of hydrogen-bond donors (Lipinski definition) is 0. The minimum absolute atomic E-state index is 0. The Balaban J connectivity index is 0.00000162. The van der Waals surface area contributed by atoms with Gasteiger partial charge in [-0.3, -0.25) is 0 Å². The summed E-state index contributed by atoms with van der Waals surface area (Å²) >= 11 is 0. The van der Waals surface area contributed by atoms with E-state index in [2.05, 4.69) is 60.9 Å². The lowest BCUT2D eigenvalue weighted by molar-refractivity contribution is -0.713. The average molecular weight is 375 g/mol. The van der Waals surface area contributed by atoms with Crippen molar-refractivity contribution in [2.45, 2.75) is 44.9 Å². The van der Waals surface area contributed by atoms with Crippen LogP contribution >= 0.6 is 0 Å². The van der Waals surface area contributed by atoms with Crippen LogP contribution in [0.25, 0.3) is 0 Å². The Bertz CT molecular complexity index is 400. The summed E-state index contributed by atoms with van der Waals surface area (Å²) in [5.41, 5.74) is 0. The van der Waals surface area contributed by atoms with Crippen LogP contribution < -0.4 is 28.5 Å². The van der Waals surface area contributed by atoms with E-state index in [9.17, 15) is 0 Å². The number of allylic oxidation sites excluding steroid dienone is 2. The molecule has 0 fully saturated rings. The summed E-state index contributed by atoms with van der Waals surface area (Å²) < 4.78 is 8.39. The maximum absolute atomic E-state index is 6.12. The first-order valence-corrected chi connectivity index (χ1v) is 9.81. The number of pyridine rings is 1. The van der Waals surface area contributed by atoms with Crippen LogP contribution in [0.15, 0.2) is 42.4 Å². The van der Waals surface area contributed by atoms with Gasteiger partial charge in [-0.25, -0.2) is 0 Å². The Morgan fingerprint density at radius 2 is 1.83 bits per heavy atom. The van der Waals surface area contributed by atoms with Crippen LogP contribution in [-0.4, -0.2) is 8.32 Å². The second-order valence-electron chi connectivity index (χ2n) is 5.63. The third-order valence-corrected chi connectivity index (χ3v) is 3.73. The molecule has 4 heteroatoms. The standard InChI is InChI=1S/C14H22NOSi.HI/c1-17(2,3)16-14-9-7-8-13(12-14)15-10-5-4-6-11-15;/h4-6,10-13H,7-9H2,1-3H3;1H/q+1;/p-1. The molecule has 1 aliphatic carbocycles. The molecule has 1 aliphatic rings. The summed E-state index contributed by atoms with van der Waals surface area (Å²) in [5.74, 6) is 1.21. The lowest BCUT2D eigenvalue weighted by Gasteiger charge is -2.25. The van der Waals surface area contributed by atoms with E-state index in [1.165, 1.54) is 18.6 Å². The van der Waals surface area contributed by atoms with Gasteiger partial charge in [-0.1, -0.05) is 6.07 Å². The number of nitrogens with zero attached hydrogens (tertiary/aromatic N) is 1. The number of hydrogen-bond acceptors (Lipinski definition) is 1. The van der Waals surface area contributed by atoms with Gasteiger partial charge in [0.15, 0.2) is 18.4 Å². The lowest BCUT2D eigenvalue weighted by Crippen LogP contribution is -3.00. The molecule has 0 aromatic carbocycles. The Kier molecular flexibility index (Phi) is 5.84. The first kappa shape index (κ1) is 15.7. The molecule has 1 aromatic heterocycles. The van der Waals surface area contributed by atoms with Gasteiger partial charge < -0.3 is 28.4 Å². The van der Waals surface area contributed by atoms with Crippen molar-refractivity contribution in [3.05, 3.63) is 42.4 Å². The number of rotatable bonds is 3. The van der Waals surface area contributed by atoms with Crippen LogP contribution in [0.3, 0.4) is 0 Å². The van der Waals surface area contributed by atoms with Crippen molar-refractivity contribution < 1.29 is 33.0 Å². The van der Waals surface area contributed by atoms with Gasteiger partial charge in [0.05, 0.1) is 5.76 Å². The van der Waals surface area contributed by atoms with Gasteiger partial charge in [0.1, 0.15) is 0 Å². The zero-order chi connectivity index (χ0) is 12.3. The highest BCUT2D eigenvalue weighted by atomic mass is 127. The second-order valence-corrected chi connectivity index (χ2v) is 10.1. The van der Waals surface area contributed by atoms with Crippen molar-refractivity contribution >= 4 is 8.32 Å². The third-order valence-electron chi connectivity index (χ3n) is 2.86. The van der Waals surface area contributed by atoms with Crippen molar-refractivity contribution in [3.8, 4) is 0 Å². The van der Waals surface area contributed by atoms with Gasteiger partial charge in [0.25, 0.3) is 0 Å². The van der Waals surface area contributed by atoms with Gasteiger partial charge in [-0.05, 0) is 26.1 Å². The molecule has 0 saturated carbocycles. The van der Waals surface area contributed by atoms with Crippen molar-refractivity contribution in [2.75, 3.05) is 0 Å². The molecule has 18 heavy (non-hydrogen) atoms. The molecule has 0 bridgehead atoms. The molecule has 0 spiro atoms. The highest BCUT2D eigenvalue weighted by Gasteiger charge is 2.24. The summed E-state index contributed by atoms with van der Waals surface area (Å²) in [7, 11) is -1.45. The predicted molar refractivity (Wildman–Crippen MR) is 72.0 cm³/mol. The Morgan fingerprint density at radius 1 is 1.17 bits per heavy atom.